The van der Waals surface area contributed by atoms with Crippen LogP contribution in [0, 0.1) is 13.8 Å². The number of nitrogens with zero attached hydrogens (tertiary/aromatic N) is 2. The van der Waals surface area contributed by atoms with Gasteiger partial charge in [0.05, 0.1) is 16.9 Å². The summed E-state index contributed by atoms with van der Waals surface area (Å²) in [6.45, 7) is 5.01. The molecule has 1 aromatic carbocycles. The number of alkyl halides is 3. The average molecular weight is 367 g/mol. The van der Waals surface area contributed by atoms with Crippen LogP contribution < -0.4 is 5.32 Å². The van der Waals surface area contributed by atoms with Crippen LogP contribution in [0.2, 0.25) is 0 Å². The number of benzene rings is 1. The third kappa shape index (κ3) is 3.60. The predicted molar refractivity (Wildman–Crippen MR) is 90.9 cm³/mol. The van der Waals surface area contributed by atoms with E-state index in [0.717, 1.165) is 6.07 Å². The number of anilines is 1. The zero-order valence-electron chi connectivity index (χ0n) is 14.6. The minimum absolute atomic E-state index is 0.103. The highest BCUT2D eigenvalue weighted by molar-refractivity contribution is 5.74. The average Bonchev–Trinajstić information content (AvgIpc) is 2.45. The number of hydrogen-bond donors (Lipinski definition) is 3. The maximum Gasteiger partial charge on any atom is 0.416 e. The van der Waals surface area contributed by atoms with Gasteiger partial charge in [-0.2, -0.15) is 13.2 Å². The monoisotopic (exact) mass is 367 g/mol. The van der Waals surface area contributed by atoms with Crippen molar-refractivity contribution < 1.29 is 23.4 Å². The highest BCUT2D eigenvalue weighted by atomic mass is 19.4. The summed E-state index contributed by atoms with van der Waals surface area (Å²) in [6.07, 6.45) is -3.32. The SMILES string of the molecule is Cc1cc(NC2CC(C)(O)C2)nnc1-c1c(C)cc(C(F)(F)F)cc1O. The first-order chi connectivity index (χ1) is 12.0. The highest BCUT2D eigenvalue weighted by Gasteiger charge is 2.38. The van der Waals surface area contributed by atoms with Gasteiger partial charge in [-0.05, 0) is 62.9 Å². The standard InChI is InChI=1S/C18H20F3N3O2/c1-9-4-11(18(19,20)21)6-13(25)15(9)16-10(2)5-14(23-24-16)22-12-7-17(3,26)8-12/h4-6,12,25-26H,7-8H2,1-3H3,(H,22,23). The lowest BCUT2D eigenvalue weighted by atomic mass is 9.77. The van der Waals surface area contributed by atoms with Crippen LogP contribution in [0.1, 0.15) is 36.5 Å². The molecule has 26 heavy (non-hydrogen) atoms. The molecule has 0 atom stereocenters. The van der Waals surface area contributed by atoms with Gasteiger partial charge >= 0.3 is 6.18 Å². The van der Waals surface area contributed by atoms with E-state index in [1.165, 1.54) is 6.92 Å². The molecule has 1 aromatic heterocycles. The Bertz CT molecular complexity index is 819. The second-order valence-corrected chi connectivity index (χ2v) is 7.19. The smallest absolute Gasteiger partial charge is 0.416 e. The topological polar surface area (TPSA) is 78.3 Å². The number of aliphatic hydroxyl groups is 1. The van der Waals surface area contributed by atoms with E-state index in [1.54, 1.807) is 19.9 Å². The molecule has 5 nitrogen and oxygen atoms in total. The van der Waals surface area contributed by atoms with Crippen molar-refractivity contribution in [1.82, 2.24) is 10.2 Å². The van der Waals surface area contributed by atoms with Crippen molar-refractivity contribution in [2.24, 2.45) is 0 Å². The summed E-state index contributed by atoms with van der Waals surface area (Å²) in [5.74, 6) is 0.0429. The van der Waals surface area contributed by atoms with Crippen molar-refractivity contribution in [2.45, 2.75) is 51.4 Å². The Morgan fingerprint density at radius 2 is 1.77 bits per heavy atom. The molecule has 1 aliphatic rings. The Morgan fingerprint density at radius 3 is 2.27 bits per heavy atom. The number of aromatic hydroxyl groups is 1. The maximum atomic E-state index is 12.9. The molecule has 2 aromatic rings. The minimum Gasteiger partial charge on any atom is -0.507 e. The third-order valence-electron chi connectivity index (χ3n) is 4.59. The quantitative estimate of drug-likeness (QED) is 0.769. The molecule has 1 aliphatic carbocycles. The van der Waals surface area contributed by atoms with Crippen molar-refractivity contribution in [3.05, 3.63) is 34.9 Å². The van der Waals surface area contributed by atoms with E-state index >= 15 is 0 Å². The highest BCUT2D eigenvalue weighted by Crippen LogP contribution is 2.39. The summed E-state index contributed by atoms with van der Waals surface area (Å²) in [4.78, 5) is 0. The zero-order valence-corrected chi connectivity index (χ0v) is 14.6. The number of halogens is 3. The zero-order chi connectivity index (χ0) is 19.3. The van der Waals surface area contributed by atoms with Crippen LogP contribution in [0.5, 0.6) is 5.75 Å². The lowest BCUT2D eigenvalue weighted by Crippen LogP contribution is -2.48. The summed E-state index contributed by atoms with van der Waals surface area (Å²) >= 11 is 0. The summed E-state index contributed by atoms with van der Waals surface area (Å²) in [5, 5.41) is 31.2. The number of aromatic nitrogens is 2. The summed E-state index contributed by atoms with van der Waals surface area (Å²) in [7, 11) is 0. The van der Waals surface area contributed by atoms with Crippen LogP contribution >= 0.6 is 0 Å². The Kier molecular flexibility index (Phi) is 4.34. The fourth-order valence-corrected chi connectivity index (χ4v) is 3.36. The van der Waals surface area contributed by atoms with E-state index in [0.29, 0.717) is 36.0 Å². The molecule has 0 aliphatic heterocycles. The summed E-state index contributed by atoms with van der Waals surface area (Å²) in [6, 6.07) is 3.52. The van der Waals surface area contributed by atoms with Gasteiger partial charge in [0.1, 0.15) is 11.6 Å². The third-order valence-corrected chi connectivity index (χ3v) is 4.59. The van der Waals surface area contributed by atoms with E-state index in [9.17, 15) is 23.4 Å². The van der Waals surface area contributed by atoms with E-state index < -0.39 is 23.1 Å². The number of rotatable bonds is 3. The molecule has 140 valence electrons. The number of phenols is 1. The molecule has 3 rings (SSSR count). The van der Waals surface area contributed by atoms with Gasteiger partial charge < -0.3 is 15.5 Å². The Morgan fingerprint density at radius 1 is 1.12 bits per heavy atom. The van der Waals surface area contributed by atoms with Gasteiger partial charge in [-0.3, -0.25) is 0 Å². The molecule has 1 saturated carbocycles. The first-order valence-electron chi connectivity index (χ1n) is 8.21. The van der Waals surface area contributed by atoms with Crippen LogP contribution in [0.4, 0.5) is 19.0 Å². The Labute approximate surface area is 148 Å². The van der Waals surface area contributed by atoms with E-state index in [-0.39, 0.29) is 17.2 Å². The van der Waals surface area contributed by atoms with Gasteiger partial charge in [0.25, 0.3) is 0 Å². The normalized spacial score (nSPS) is 22.8. The van der Waals surface area contributed by atoms with Crippen LogP contribution in [0.15, 0.2) is 18.2 Å². The molecular weight excluding hydrogens is 347 g/mol. The molecule has 1 fully saturated rings. The molecule has 8 heteroatoms. The van der Waals surface area contributed by atoms with Crippen molar-refractivity contribution in [3.63, 3.8) is 0 Å². The number of phenolic OH excluding ortho intramolecular Hbond substituents is 1. The van der Waals surface area contributed by atoms with Crippen LogP contribution in [-0.2, 0) is 6.18 Å². The molecule has 1 heterocycles. The van der Waals surface area contributed by atoms with Crippen molar-refractivity contribution in [1.29, 1.82) is 0 Å². The van der Waals surface area contributed by atoms with E-state index in [1.807, 2.05) is 0 Å². The van der Waals surface area contributed by atoms with Gasteiger partial charge in [0, 0.05) is 11.6 Å². The fraction of sp³-hybridized carbons (Fsp3) is 0.444. The molecular formula is C18H20F3N3O2. The molecule has 0 amide bonds. The van der Waals surface area contributed by atoms with E-state index in [2.05, 4.69) is 15.5 Å². The fourth-order valence-electron chi connectivity index (χ4n) is 3.36. The predicted octanol–water partition coefficient (Wildman–Crippen LogP) is 3.81. The molecule has 0 spiro atoms. The van der Waals surface area contributed by atoms with Crippen LogP contribution in [0.3, 0.4) is 0 Å². The maximum absolute atomic E-state index is 12.9. The lowest BCUT2D eigenvalue weighted by Gasteiger charge is -2.41. The van der Waals surface area contributed by atoms with Gasteiger partial charge in [-0.15, -0.1) is 10.2 Å². The minimum atomic E-state index is -4.53. The Balaban J connectivity index is 1.88. The van der Waals surface area contributed by atoms with Crippen LogP contribution in [0.25, 0.3) is 11.3 Å². The van der Waals surface area contributed by atoms with Gasteiger partial charge in [-0.25, -0.2) is 0 Å². The Hall–Kier alpha value is -2.35. The van der Waals surface area contributed by atoms with Crippen molar-refractivity contribution in [2.75, 3.05) is 5.32 Å². The number of nitrogens with one attached hydrogen (secondary N) is 1. The van der Waals surface area contributed by atoms with Crippen molar-refractivity contribution >= 4 is 5.82 Å². The number of aryl methyl sites for hydroxylation is 2. The molecule has 0 bridgehead atoms. The molecule has 0 radical (unpaired) electrons. The van der Waals surface area contributed by atoms with Gasteiger partial charge in [0.15, 0.2) is 0 Å². The van der Waals surface area contributed by atoms with Gasteiger partial charge in [-0.1, -0.05) is 0 Å². The molecule has 3 N–H and O–H groups in total. The first kappa shape index (κ1) is 18.4. The first-order valence-corrected chi connectivity index (χ1v) is 8.21. The second-order valence-electron chi connectivity index (χ2n) is 7.19. The molecule has 0 saturated heterocycles. The van der Waals surface area contributed by atoms with Crippen LogP contribution in [-0.4, -0.2) is 32.1 Å². The number of hydrogen-bond acceptors (Lipinski definition) is 5. The summed E-state index contributed by atoms with van der Waals surface area (Å²) < 4.78 is 38.6. The van der Waals surface area contributed by atoms with Crippen molar-refractivity contribution in [3.8, 4) is 17.0 Å². The van der Waals surface area contributed by atoms with Gasteiger partial charge in [0.2, 0.25) is 0 Å². The largest absolute Gasteiger partial charge is 0.507 e. The van der Waals surface area contributed by atoms with E-state index in [4.69, 9.17) is 0 Å². The summed E-state index contributed by atoms with van der Waals surface area (Å²) in [5.41, 5.74) is -0.0566. The second kappa shape index (κ2) is 6.12. The lowest BCUT2D eigenvalue weighted by molar-refractivity contribution is -0.137. The molecule has 0 unspecified atom stereocenters.